The van der Waals surface area contributed by atoms with Gasteiger partial charge in [-0.3, -0.25) is 4.98 Å². The molecule has 19 heavy (non-hydrogen) atoms. The highest BCUT2D eigenvalue weighted by atomic mass is 32.2. The Hall–Kier alpha value is -1.36. The summed E-state index contributed by atoms with van der Waals surface area (Å²) in [6.45, 7) is 0. The maximum atomic E-state index is 5.77. The van der Waals surface area contributed by atoms with Crippen LogP contribution in [0.1, 0.15) is 49.5 Å². The topological polar surface area (TPSA) is 51.8 Å². The molecule has 0 aliphatic heterocycles. The van der Waals surface area contributed by atoms with Crippen molar-refractivity contribution in [1.82, 2.24) is 15.2 Å². The predicted octanol–water partition coefficient (Wildman–Crippen LogP) is 3.80. The molecule has 0 amide bonds. The normalized spacial score (nSPS) is 16.6. The lowest BCUT2D eigenvalue weighted by atomic mass is 9.89. The van der Waals surface area contributed by atoms with Gasteiger partial charge in [0.2, 0.25) is 5.89 Å². The smallest absolute Gasteiger partial charge is 0.276 e. The largest absolute Gasteiger partial charge is 0.416 e. The molecule has 0 spiro atoms. The Balaban J connectivity index is 1.58. The number of thioether (sulfide) groups is 1. The molecule has 2 aromatic heterocycles. The summed E-state index contributed by atoms with van der Waals surface area (Å²) < 4.78 is 5.77. The van der Waals surface area contributed by atoms with E-state index in [1.807, 2.05) is 12.3 Å². The van der Waals surface area contributed by atoms with E-state index >= 15 is 0 Å². The zero-order valence-electron chi connectivity index (χ0n) is 10.8. The van der Waals surface area contributed by atoms with Crippen LogP contribution in [0.5, 0.6) is 0 Å². The molecule has 5 heteroatoms. The van der Waals surface area contributed by atoms with Crippen LogP contribution in [0.3, 0.4) is 0 Å². The lowest BCUT2D eigenvalue weighted by Gasteiger charge is -2.17. The van der Waals surface area contributed by atoms with Gasteiger partial charge in [0, 0.05) is 24.1 Å². The van der Waals surface area contributed by atoms with Gasteiger partial charge in [0.25, 0.3) is 5.22 Å². The van der Waals surface area contributed by atoms with Crippen LogP contribution in [0.2, 0.25) is 0 Å². The molecule has 1 saturated carbocycles. The summed E-state index contributed by atoms with van der Waals surface area (Å²) in [4.78, 5) is 4.10. The molecule has 1 fully saturated rings. The lowest BCUT2D eigenvalue weighted by molar-refractivity contribution is 0.334. The fourth-order valence-corrected chi connectivity index (χ4v) is 3.13. The molecule has 100 valence electrons. The molecule has 0 saturated heterocycles. The standard InChI is InChI=1S/C14H17N3OS/c1-2-6-12(7-3-1)13-16-17-14(18-13)19-10-11-5-4-8-15-9-11/h4-5,8-9,12H,1-3,6-7,10H2. The molecule has 0 atom stereocenters. The van der Waals surface area contributed by atoms with Crippen LogP contribution in [-0.2, 0) is 5.75 Å². The van der Waals surface area contributed by atoms with Gasteiger partial charge in [-0.25, -0.2) is 0 Å². The van der Waals surface area contributed by atoms with Crippen molar-refractivity contribution in [2.45, 2.75) is 49.0 Å². The summed E-state index contributed by atoms with van der Waals surface area (Å²) in [5.74, 6) is 2.13. The highest BCUT2D eigenvalue weighted by Gasteiger charge is 2.21. The van der Waals surface area contributed by atoms with Gasteiger partial charge < -0.3 is 4.42 Å². The molecular formula is C14H17N3OS. The summed E-state index contributed by atoms with van der Waals surface area (Å²) in [5.41, 5.74) is 1.17. The fraction of sp³-hybridized carbons (Fsp3) is 0.500. The average molecular weight is 275 g/mol. The third-order valence-corrected chi connectivity index (χ3v) is 4.35. The first kappa shape index (κ1) is 12.7. The van der Waals surface area contributed by atoms with Crippen molar-refractivity contribution < 1.29 is 4.42 Å². The van der Waals surface area contributed by atoms with E-state index < -0.39 is 0 Å². The molecule has 2 heterocycles. The van der Waals surface area contributed by atoms with Gasteiger partial charge >= 0.3 is 0 Å². The quantitative estimate of drug-likeness (QED) is 0.794. The Morgan fingerprint density at radius 2 is 2.11 bits per heavy atom. The SMILES string of the molecule is c1cncc(CSc2nnc(C3CCCCC3)o2)c1. The first-order chi connectivity index (χ1) is 9.42. The minimum absolute atomic E-state index is 0.481. The number of pyridine rings is 1. The van der Waals surface area contributed by atoms with Crippen molar-refractivity contribution in [1.29, 1.82) is 0 Å². The van der Waals surface area contributed by atoms with E-state index in [-0.39, 0.29) is 0 Å². The Kier molecular flexibility index (Phi) is 4.13. The van der Waals surface area contributed by atoms with E-state index in [9.17, 15) is 0 Å². The monoisotopic (exact) mass is 275 g/mol. The molecule has 1 aliphatic carbocycles. The predicted molar refractivity (Wildman–Crippen MR) is 73.9 cm³/mol. The van der Waals surface area contributed by atoms with Gasteiger partial charge in [-0.05, 0) is 24.5 Å². The Morgan fingerprint density at radius 1 is 1.21 bits per heavy atom. The Bertz CT molecular complexity index is 508. The summed E-state index contributed by atoms with van der Waals surface area (Å²) >= 11 is 1.58. The zero-order chi connectivity index (χ0) is 12.9. The van der Waals surface area contributed by atoms with Gasteiger partial charge in [0.15, 0.2) is 0 Å². The Labute approximate surface area is 117 Å². The van der Waals surface area contributed by atoms with Crippen LogP contribution in [-0.4, -0.2) is 15.2 Å². The van der Waals surface area contributed by atoms with Gasteiger partial charge in [-0.15, -0.1) is 10.2 Å². The van der Waals surface area contributed by atoms with Crippen LogP contribution >= 0.6 is 11.8 Å². The highest BCUT2D eigenvalue weighted by molar-refractivity contribution is 7.98. The maximum Gasteiger partial charge on any atom is 0.276 e. The van der Waals surface area contributed by atoms with Gasteiger partial charge in [-0.1, -0.05) is 37.1 Å². The summed E-state index contributed by atoms with van der Waals surface area (Å²) in [6.07, 6.45) is 9.93. The van der Waals surface area contributed by atoms with E-state index in [2.05, 4.69) is 21.2 Å². The maximum absolute atomic E-state index is 5.77. The number of nitrogens with zero attached hydrogens (tertiary/aromatic N) is 3. The third kappa shape index (κ3) is 3.35. The van der Waals surface area contributed by atoms with Crippen molar-refractivity contribution in [3.05, 3.63) is 36.0 Å². The molecule has 3 rings (SSSR count). The second-order valence-corrected chi connectivity index (χ2v) is 5.82. The summed E-state index contributed by atoms with van der Waals surface area (Å²) in [7, 11) is 0. The molecule has 2 aromatic rings. The zero-order valence-corrected chi connectivity index (χ0v) is 11.6. The summed E-state index contributed by atoms with van der Waals surface area (Å²) in [6, 6.07) is 4.00. The van der Waals surface area contributed by atoms with E-state index in [0.29, 0.717) is 11.1 Å². The van der Waals surface area contributed by atoms with E-state index in [4.69, 9.17) is 4.42 Å². The van der Waals surface area contributed by atoms with Crippen LogP contribution in [0, 0.1) is 0 Å². The third-order valence-electron chi connectivity index (χ3n) is 3.46. The van der Waals surface area contributed by atoms with Crippen LogP contribution in [0.25, 0.3) is 0 Å². The minimum atomic E-state index is 0.481. The molecule has 0 N–H and O–H groups in total. The lowest BCUT2D eigenvalue weighted by Crippen LogP contribution is -2.04. The molecule has 0 radical (unpaired) electrons. The molecule has 0 aromatic carbocycles. The number of rotatable bonds is 4. The number of hydrogen-bond acceptors (Lipinski definition) is 5. The van der Waals surface area contributed by atoms with E-state index in [1.165, 1.54) is 37.7 Å². The van der Waals surface area contributed by atoms with Crippen molar-refractivity contribution in [2.24, 2.45) is 0 Å². The molecule has 0 bridgehead atoms. The van der Waals surface area contributed by atoms with E-state index in [0.717, 1.165) is 11.6 Å². The van der Waals surface area contributed by atoms with Gasteiger partial charge in [0.05, 0.1) is 0 Å². The van der Waals surface area contributed by atoms with E-state index in [1.54, 1.807) is 18.0 Å². The highest BCUT2D eigenvalue weighted by Crippen LogP contribution is 2.33. The van der Waals surface area contributed by atoms with Gasteiger partial charge in [0.1, 0.15) is 0 Å². The Morgan fingerprint density at radius 3 is 2.89 bits per heavy atom. The first-order valence-electron chi connectivity index (χ1n) is 6.77. The van der Waals surface area contributed by atoms with Crippen LogP contribution < -0.4 is 0 Å². The van der Waals surface area contributed by atoms with Gasteiger partial charge in [-0.2, -0.15) is 0 Å². The first-order valence-corrected chi connectivity index (χ1v) is 7.75. The summed E-state index contributed by atoms with van der Waals surface area (Å²) in [5, 5.41) is 9.00. The molecular weight excluding hydrogens is 258 g/mol. The van der Waals surface area contributed by atoms with Crippen molar-refractivity contribution >= 4 is 11.8 Å². The minimum Gasteiger partial charge on any atom is -0.416 e. The second-order valence-electron chi connectivity index (χ2n) is 4.89. The van der Waals surface area contributed by atoms with Crippen LogP contribution in [0.4, 0.5) is 0 Å². The molecule has 4 nitrogen and oxygen atoms in total. The second kappa shape index (κ2) is 6.19. The molecule has 1 aliphatic rings. The molecule has 0 unspecified atom stereocenters. The fourth-order valence-electron chi connectivity index (χ4n) is 2.42. The van der Waals surface area contributed by atoms with Crippen LogP contribution in [0.15, 0.2) is 34.2 Å². The van der Waals surface area contributed by atoms with Crippen molar-refractivity contribution in [3.8, 4) is 0 Å². The van der Waals surface area contributed by atoms with Crippen molar-refractivity contribution in [2.75, 3.05) is 0 Å². The average Bonchev–Trinajstić information content (AvgIpc) is 2.96. The van der Waals surface area contributed by atoms with Crippen molar-refractivity contribution in [3.63, 3.8) is 0 Å². The number of aromatic nitrogens is 3. The number of hydrogen-bond donors (Lipinski definition) is 0.